The summed E-state index contributed by atoms with van der Waals surface area (Å²) in [6.45, 7) is 1.44. The highest BCUT2D eigenvalue weighted by molar-refractivity contribution is 14.1. The summed E-state index contributed by atoms with van der Waals surface area (Å²) in [5.41, 5.74) is 6.94. The van der Waals surface area contributed by atoms with Crippen LogP contribution in [0.2, 0.25) is 0 Å². The van der Waals surface area contributed by atoms with Crippen LogP contribution < -0.4 is 11.1 Å². The van der Waals surface area contributed by atoms with Gasteiger partial charge in [0.05, 0.1) is 11.3 Å². The predicted molar refractivity (Wildman–Crippen MR) is 83.0 cm³/mol. The second kappa shape index (κ2) is 5.51. The zero-order valence-corrected chi connectivity index (χ0v) is 12.7. The molecule has 20 heavy (non-hydrogen) atoms. The van der Waals surface area contributed by atoms with Gasteiger partial charge in [-0.15, -0.1) is 0 Å². The third-order valence-electron chi connectivity index (χ3n) is 2.82. The number of halogens is 4. The largest absolute Gasteiger partial charge is 0.416 e. The second-order valence-electron chi connectivity index (χ2n) is 4.39. The number of nitrogens with one attached hydrogen (secondary N) is 1. The van der Waals surface area contributed by atoms with Crippen LogP contribution in [0.4, 0.5) is 30.2 Å². The fourth-order valence-corrected chi connectivity index (χ4v) is 2.47. The number of nitrogen functional groups attached to an aromatic ring is 1. The number of alkyl halides is 3. The Balaban J connectivity index is 2.35. The molecule has 0 aliphatic rings. The van der Waals surface area contributed by atoms with Crippen molar-refractivity contribution in [2.75, 3.05) is 11.1 Å². The Morgan fingerprint density at radius 2 is 1.80 bits per heavy atom. The van der Waals surface area contributed by atoms with Crippen molar-refractivity contribution >= 4 is 39.7 Å². The minimum atomic E-state index is -4.35. The number of benzene rings is 2. The maximum atomic E-state index is 12.9. The molecule has 6 heteroatoms. The molecular formula is C14H12F3IN2. The van der Waals surface area contributed by atoms with Crippen LogP contribution in [0.5, 0.6) is 0 Å². The van der Waals surface area contributed by atoms with Gasteiger partial charge in [-0.1, -0.05) is 6.07 Å². The molecule has 0 amide bonds. The Hall–Kier alpha value is -1.44. The molecule has 0 saturated carbocycles. The minimum absolute atomic E-state index is 0.204. The van der Waals surface area contributed by atoms with Crippen molar-refractivity contribution in [2.45, 2.75) is 13.1 Å². The van der Waals surface area contributed by atoms with Gasteiger partial charge >= 0.3 is 6.18 Å². The number of nitrogens with two attached hydrogens (primary N) is 1. The molecule has 0 aliphatic carbocycles. The number of aryl methyl sites for hydroxylation is 1. The van der Waals surface area contributed by atoms with E-state index in [0.29, 0.717) is 11.4 Å². The Morgan fingerprint density at radius 1 is 1.10 bits per heavy atom. The third kappa shape index (κ3) is 3.36. The molecule has 0 saturated heterocycles. The molecule has 2 rings (SSSR count). The first-order valence-electron chi connectivity index (χ1n) is 5.77. The maximum absolute atomic E-state index is 12.9. The SMILES string of the molecule is Cc1ccc(Nc2ccc(N)cc2I)cc1C(F)(F)F. The lowest BCUT2D eigenvalue weighted by molar-refractivity contribution is -0.138. The monoisotopic (exact) mass is 392 g/mol. The highest BCUT2D eigenvalue weighted by Crippen LogP contribution is 2.34. The van der Waals surface area contributed by atoms with Gasteiger partial charge in [0.25, 0.3) is 0 Å². The van der Waals surface area contributed by atoms with Gasteiger partial charge < -0.3 is 11.1 Å². The molecule has 0 radical (unpaired) electrons. The molecule has 0 fully saturated rings. The van der Waals surface area contributed by atoms with Crippen molar-refractivity contribution in [2.24, 2.45) is 0 Å². The molecule has 2 aromatic rings. The van der Waals surface area contributed by atoms with Gasteiger partial charge in [-0.25, -0.2) is 0 Å². The average Bonchev–Trinajstić information content (AvgIpc) is 2.33. The van der Waals surface area contributed by atoms with E-state index in [9.17, 15) is 13.2 Å². The first-order chi connectivity index (χ1) is 9.27. The summed E-state index contributed by atoms with van der Waals surface area (Å²) in [7, 11) is 0. The first kappa shape index (κ1) is 15.0. The fraction of sp³-hybridized carbons (Fsp3) is 0.143. The van der Waals surface area contributed by atoms with Gasteiger partial charge in [0.15, 0.2) is 0 Å². The van der Waals surface area contributed by atoms with E-state index in [1.54, 1.807) is 24.3 Å². The van der Waals surface area contributed by atoms with Gasteiger partial charge in [0.1, 0.15) is 0 Å². The van der Waals surface area contributed by atoms with Crippen LogP contribution in [0.25, 0.3) is 0 Å². The summed E-state index contributed by atoms with van der Waals surface area (Å²) < 4.78 is 39.4. The van der Waals surface area contributed by atoms with Gasteiger partial charge in [-0.05, 0) is 65.4 Å². The maximum Gasteiger partial charge on any atom is 0.416 e. The normalized spacial score (nSPS) is 11.4. The molecule has 0 aromatic heterocycles. The van der Waals surface area contributed by atoms with Crippen molar-refractivity contribution in [1.29, 1.82) is 0 Å². The molecule has 0 spiro atoms. The first-order valence-corrected chi connectivity index (χ1v) is 6.85. The predicted octanol–water partition coefficient (Wildman–Crippen LogP) is 4.94. The quantitative estimate of drug-likeness (QED) is 0.561. The molecule has 0 bridgehead atoms. The highest BCUT2D eigenvalue weighted by atomic mass is 127. The van der Waals surface area contributed by atoms with Crippen LogP contribution in [-0.4, -0.2) is 0 Å². The summed E-state index contributed by atoms with van der Waals surface area (Å²) >= 11 is 2.08. The zero-order chi connectivity index (χ0) is 14.9. The lowest BCUT2D eigenvalue weighted by atomic mass is 10.1. The van der Waals surface area contributed by atoms with Crippen molar-refractivity contribution in [1.82, 2.24) is 0 Å². The Morgan fingerprint density at radius 3 is 2.40 bits per heavy atom. The van der Waals surface area contributed by atoms with E-state index in [2.05, 4.69) is 27.9 Å². The van der Waals surface area contributed by atoms with Crippen LogP contribution in [-0.2, 0) is 6.18 Å². The van der Waals surface area contributed by atoms with Gasteiger partial charge in [0, 0.05) is 14.9 Å². The number of hydrogen-bond donors (Lipinski definition) is 2. The van der Waals surface area contributed by atoms with Crippen molar-refractivity contribution in [3.05, 3.63) is 51.1 Å². The van der Waals surface area contributed by atoms with E-state index in [0.717, 1.165) is 15.3 Å². The molecule has 0 aliphatic heterocycles. The van der Waals surface area contributed by atoms with Crippen molar-refractivity contribution in [3.8, 4) is 0 Å². The van der Waals surface area contributed by atoms with E-state index in [4.69, 9.17) is 5.73 Å². The zero-order valence-electron chi connectivity index (χ0n) is 10.6. The Bertz CT molecular complexity index is 639. The third-order valence-corrected chi connectivity index (χ3v) is 3.71. The molecule has 0 atom stereocenters. The van der Waals surface area contributed by atoms with Crippen molar-refractivity contribution < 1.29 is 13.2 Å². The summed E-state index contributed by atoms with van der Waals surface area (Å²) in [6, 6.07) is 9.38. The Kier molecular flexibility index (Phi) is 4.12. The van der Waals surface area contributed by atoms with Gasteiger partial charge in [0.2, 0.25) is 0 Å². The van der Waals surface area contributed by atoms with Crippen molar-refractivity contribution in [3.63, 3.8) is 0 Å². The smallest absolute Gasteiger partial charge is 0.399 e. The van der Waals surface area contributed by atoms with E-state index in [1.165, 1.54) is 13.0 Å². The second-order valence-corrected chi connectivity index (χ2v) is 5.55. The summed E-state index contributed by atoms with van der Waals surface area (Å²) in [5, 5.41) is 2.98. The molecule has 2 nitrogen and oxygen atoms in total. The summed E-state index contributed by atoms with van der Waals surface area (Å²) in [6.07, 6.45) is -4.35. The van der Waals surface area contributed by atoms with E-state index < -0.39 is 11.7 Å². The number of hydrogen-bond acceptors (Lipinski definition) is 2. The van der Waals surface area contributed by atoms with Crippen LogP contribution >= 0.6 is 22.6 Å². The van der Waals surface area contributed by atoms with E-state index in [-0.39, 0.29) is 5.56 Å². The molecule has 2 aromatic carbocycles. The number of rotatable bonds is 2. The van der Waals surface area contributed by atoms with Gasteiger partial charge in [-0.2, -0.15) is 13.2 Å². The standard InChI is InChI=1S/C14H12F3IN2/c1-8-2-4-10(7-11(8)14(15,16)17)20-13-5-3-9(19)6-12(13)18/h2-7,20H,19H2,1H3. The van der Waals surface area contributed by atoms with Crippen LogP contribution in [0, 0.1) is 10.5 Å². The topological polar surface area (TPSA) is 38.0 Å². The molecular weight excluding hydrogens is 380 g/mol. The highest BCUT2D eigenvalue weighted by Gasteiger charge is 2.32. The summed E-state index contributed by atoms with van der Waals surface area (Å²) in [5.74, 6) is 0. The van der Waals surface area contributed by atoms with Crippen LogP contribution in [0.1, 0.15) is 11.1 Å². The van der Waals surface area contributed by atoms with Gasteiger partial charge in [-0.3, -0.25) is 0 Å². The van der Waals surface area contributed by atoms with Crippen LogP contribution in [0.15, 0.2) is 36.4 Å². The molecule has 3 N–H and O–H groups in total. The van der Waals surface area contributed by atoms with Crippen LogP contribution in [0.3, 0.4) is 0 Å². The molecule has 0 unspecified atom stereocenters. The average molecular weight is 392 g/mol. The summed E-state index contributed by atoms with van der Waals surface area (Å²) in [4.78, 5) is 0. The van der Waals surface area contributed by atoms with E-state index in [1.807, 2.05) is 0 Å². The lowest BCUT2D eigenvalue weighted by Crippen LogP contribution is -2.08. The fourth-order valence-electron chi connectivity index (χ4n) is 1.79. The number of anilines is 3. The van der Waals surface area contributed by atoms with E-state index >= 15 is 0 Å². The minimum Gasteiger partial charge on any atom is -0.399 e. The lowest BCUT2D eigenvalue weighted by Gasteiger charge is -2.14. The molecule has 106 valence electrons. The Labute approximate surface area is 128 Å². The molecule has 0 heterocycles.